The van der Waals surface area contributed by atoms with Gasteiger partial charge >= 0.3 is 0 Å². The van der Waals surface area contributed by atoms with Gasteiger partial charge in [-0.05, 0) is 24.8 Å². The number of methoxy groups -OCH3 is 1. The zero-order chi connectivity index (χ0) is 17.1. The number of hydrogen-bond acceptors (Lipinski definition) is 5. The largest absolute Gasteiger partial charge is 0.496 e. The van der Waals surface area contributed by atoms with Gasteiger partial charge in [0.05, 0.1) is 30.9 Å². The van der Waals surface area contributed by atoms with Gasteiger partial charge in [-0.3, -0.25) is 9.59 Å². The summed E-state index contributed by atoms with van der Waals surface area (Å²) in [4.78, 5) is 24.9. The molecule has 0 aromatic heterocycles. The monoisotopic (exact) mass is 327 g/mol. The van der Waals surface area contributed by atoms with Crippen molar-refractivity contribution >= 4 is 28.2 Å². The minimum absolute atomic E-state index is 0.0151. The first-order valence-corrected chi connectivity index (χ1v) is 8.03. The van der Waals surface area contributed by atoms with Crippen LogP contribution in [0, 0.1) is 0 Å². The van der Waals surface area contributed by atoms with E-state index in [4.69, 9.17) is 10.5 Å². The van der Waals surface area contributed by atoms with Gasteiger partial charge < -0.3 is 21.1 Å². The first-order valence-electron chi connectivity index (χ1n) is 8.03. The average Bonchev–Trinajstić information content (AvgIpc) is 3.15. The zero-order valence-corrected chi connectivity index (χ0v) is 13.6. The summed E-state index contributed by atoms with van der Waals surface area (Å²) >= 11 is 0. The first-order chi connectivity index (χ1) is 11.7. The van der Waals surface area contributed by atoms with Crippen LogP contribution in [0.25, 0.3) is 10.8 Å². The molecule has 2 aromatic rings. The normalized spacial score (nSPS) is 17.0. The third kappa shape index (κ3) is 2.98. The molecular weight excluding hydrogens is 306 g/mol. The van der Waals surface area contributed by atoms with Gasteiger partial charge in [-0.1, -0.05) is 24.3 Å². The molecule has 2 aromatic carbocycles. The number of Topliss-reactive ketones (excluding diaryl/α,β-unsaturated/α-hetero) is 1. The number of nitrogens with one attached hydrogen (secondary N) is 2. The van der Waals surface area contributed by atoms with Crippen LogP contribution in [0.4, 0.5) is 5.69 Å². The van der Waals surface area contributed by atoms with Crippen LogP contribution in [0.2, 0.25) is 0 Å². The quantitative estimate of drug-likeness (QED) is 0.727. The van der Waals surface area contributed by atoms with Gasteiger partial charge in [-0.25, -0.2) is 0 Å². The van der Waals surface area contributed by atoms with Crippen LogP contribution < -0.4 is 21.1 Å². The first kappa shape index (κ1) is 16.4. The number of ether oxygens (including phenoxy) is 1. The maximum atomic E-state index is 13.1. The number of amides is 1. The van der Waals surface area contributed by atoms with Crippen molar-refractivity contribution < 1.29 is 14.3 Å². The van der Waals surface area contributed by atoms with E-state index in [1.54, 1.807) is 13.2 Å². The van der Waals surface area contributed by atoms with Crippen LogP contribution in [-0.4, -0.2) is 37.9 Å². The highest BCUT2D eigenvalue weighted by Crippen LogP contribution is 2.35. The summed E-state index contributed by atoms with van der Waals surface area (Å²) in [6.07, 6.45) is 1.76. The number of hydrogen-bond donors (Lipinski definition) is 3. The van der Waals surface area contributed by atoms with E-state index in [9.17, 15) is 9.59 Å². The fourth-order valence-electron chi connectivity index (χ4n) is 3.16. The summed E-state index contributed by atoms with van der Waals surface area (Å²) < 4.78 is 5.43. The molecule has 6 heteroatoms. The summed E-state index contributed by atoms with van der Waals surface area (Å²) in [6, 6.07) is 9.01. The zero-order valence-electron chi connectivity index (χ0n) is 13.6. The molecule has 0 saturated carbocycles. The van der Waals surface area contributed by atoms with E-state index in [-0.39, 0.29) is 24.3 Å². The predicted molar refractivity (Wildman–Crippen MR) is 93.5 cm³/mol. The highest BCUT2D eigenvalue weighted by atomic mass is 16.5. The van der Waals surface area contributed by atoms with Crippen molar-refractivity contribution in [1.29, 1.82) is 0 Å². The maximum Gasteiger partial charge on any atom is 0.238 e. The second-order valence-electron chi connectivity index (χ2n) is 5.81. The maximum absolute atomic E-state index is 13.1. The van der Waals surface area contributed by atoms with Gasteiger partial charge in [0.25, 0.3) is 0 Å². The highest BCUT2D eigenvalue weighted by Gasteiger charge is 2.28. The van der Waals surface area contributed by atoms with Gasteiger partial charge in [0.2, 0.25) is 5.91 Å². The molecule has 0 bridgehead atoms. The molecule has 1 aliphatic heterocycles. The SMILES string of the molecule is COc1cc(NC(=O)CN)c(C(=O)[C@@H]2CCCN2)c2ccccc12. The molecule has 1 saturated heterocycles. The van der Waals surface area contributed by atoms with Crippen LogP contribution >= 0.6 is 0 Å². The van der Waals surface area contributed by atoms with E-state index in [2.05, 4.69) is 10.6 Å². The highest BCUT2D eigenvalue weighted by molar-refractivity contribution is 6.17. The number of benzene rings is 2. The number of nitrogens with two attached hydrogens (primary N) is 1. The standard InChI is InChI=1S/C18H21N3O3/c1-24-15-9-14(21-16(22)10-19)17(12-6-3-2-5-11(12)15)18(23)13-7-4-8-20-13/h2-3,5-6,9,13,20H,4,7-8,10,19H2,1H3,(H,21,22)/t13-/m0/s1. The van der Waals surface area contributed by atoms with Gasteiger partial charge in [0, 0.05) is 11.5 Å². The molecular formula is C18H21N3O3. The molecule has 126 valence electrons. The summed E-state index contributed by atoms with van der Waals surface area (Å²) in [5, 5.41) is 7.57. The van der Waals surface area contributed by atoms with Crippen molar-refractivity contribution in [3.63, 3.8) is 0 Å². The Morgan fingerprint density at radius 3 is 2.71 bits per heavy atom. The lowest BCUT2D eigenvalue weighted by Crippen LogP contribution is -2.32. The lowest BCUT2D eigenvalue weighted by molar-refractivity contribution is -0.114. The van der Waals surface area contributed by atoms with Gasteiger partial charge in [0.1, 0.15) is 5.75 Å². The van der Waals surface area contributed by atoms with E-state index in [1.165, 1.54) is 0 Å². The van der Waals surface area contributed by atoms with E-state index in [0.717, 1.165) is 30.2 Å². The smallest absolute Gasteiger partial charge is 0.238 e. The number of carbonyl (C=O) groups is 2. The Balaban J connectivity index is 2.20. The lowest BCUT2D eigenvalue weighted by atomic mass is 9.94. The molecule has 3 rings (SSSR count). The van der Waals surface area contributed by atoms with Crippen molar-refractivity contribution in [2.75, 3.05) is 25.5 Å². The third-order valence-electron chi connectivity index (χ3n) is 4.31. The molecule has 1 aliphatic rings. The molecule has 1 heterocycles. The second kappa shape index (κ2) is 6.98. The molecule has 0 spiro atoms. The van der Waals surface area contributed by atoms with Crippen molar-refractivity contribution in [3.05, 3.63) is 35.9 Å². The molecule has 6 nitrogen and oxygen atoms in total. The van der Waals surface area contributed by atoms with Crippen molar-refractivity contribution in [3.8, 4) is 5.75 Å². The summed E-state index contributed by atoms with van der Waals surface area (Å²) in [7, 11) is 1.57. The van der Waals surface area contributed by atoms with Gasteiger partial charge in [-0.15, -0.1) is 0 Å². The summed E-state index contributed by atoms with van der Waals surface area (Å²) in [5.74, 6) is 0.244. The molecule has 1 atom stereocenters. The van der Waals surface area contributed by atoms with Gasteiger partial charge in [-0.2, -0.15) is 0 Å². The number of ketones is 1. The van der Waals surface area contributed by atoms with Crippen LogP contribution in [-0.2, 0) is 4.79 Å². The van der Waals surface area contributed by atoms with Crippen LogP contribution in [0.1, 0.15) is 23.2 Å². The van der Waals surface area contributed by atoms with Crippen LogP contribution in [0.15, 0.2) is 30.3 Å². The predicted octanol–water partition coefficient (Wildman–Crippen LogP) is 1.68. The molecule has 24 heavy (non-hydrogen) atoms. The lowest BCUT2D eigenvalue weighted by Gasteiger charge is -2.18. The Hall–Kier alpha value is -2.44. The van der Waals surface area contributed by atoms with Gasteiger partial charge in [0.15, 0.2) is 5.78 Å². The van der Waals surface area contributed by atoms with Crippen LogP contribution in [0.5, 0.6) is 5.75 Å². The molecule has 0 aliphatic carbocycles. The topological polar surface area (TPSA) is 93.4 Å². The minimum Gasteiger partial charge on any atom is -0.496 e. The molecule has 0 radical (unpaired) electrons. The van der Waals surface area contributed by atoms with E-state index >= 15 is 0 Å². The fourth-order valence-corrected chi connectivity index (χ4v) is 3.16. The molecule has 1 fully saturated rings. The number of anilines is 1. The molecule has 0 unspecified atom stereocenters. The fraction of sp³-hybridized carbons (Fsp3) is 0.333. The van der Waals surface area contributed by atoms with Crippen molar-refractivity contribution in [1.82, 2.24) is 5.32 Å². The average molecular weight is 327 g/mol. The van der Waals surface area contributed by atoms with E-state index in [0.29, 0.717) is 17.0 Å². The minimum atomic E-state index is -0.347. The molecule has 4 N–H and O–H groups in total. The number of rotatable bonds is 5. The van der Waals surface area contributed by atoms with E-state index < -0.39 is 0 Å². The Kier molecular flexibility index (Phi) is 4.78. The summed E-state index contributed by atoms with van der Waals surface area (Å²) in [5.41, 5.74) is 6.36. The molecule has 1 amide bonds. The Morgan fingerprint density at radius 2 is 2.08 bits per heavy atom. The van der Waals surface area contributed by atoms with E-state index in [1.807, 2.05) is 24.3 Å². The van der Waals surface area contributed by atoms with Crippen molar-refractivity contribution in [2.45, 2.75) is 18.9 Å². The Labute approximate surface area is 140 Å². The Bertz CT molecular complexity index is 782. The summed E-state index contributed by atoms with van der Waals surface area (Å²) in [6.45, 7) is 0.680. The van der Waals surface area contributed by atoms with Crippen LogP contribution in [0.3, 0.4) is 0 Å². The second-order valence-corrected chi connectivity index (χ2v) is 5.81. The Morgan fingerprint density at radius 1 is 1.33 bits per heavy atom. The van der Waals surface area contributed by atoms with Crippen molar-refractivity contribution in [2.24, 2.45) is 5.73 Å². The third-order valence-corrected chi connectivity index (χ3v) is 4.31. The number of carbonyl (C=O) groups excluding carboxylic acids is 2. The number of fused-ring (bicyclic) bond motifs is 1.